The smallest absolute Gasteiger partial charge is 0.335 e. The summed E-state index contributed by atoms with van der Waals surface area (Å²) in [6.45, 7) is 3.00. The Bertz CT molecular complexity index is 396. The van der Waals surface area contributed by atoms with Crippen molar-refractivity contribution in [3.63, 3.8) is 0 Å². The lowest BCUT2D eigenvalue weighted by molar-refractivity contribution is 0.0697. The predicted molar refractivity (Wildman–Crippen MR) is 73.9 cm³/mol. The highest BCUT2D eigenvalue weighted by Crippen LogP contribution is 2.20. The van der Waals surface area contributed by atoms with Crippen molar-refractivity contribution >= 4 is 29.1 Å². The molecule has 0 aromatic heterocycles. The van der Waals surface area contributed by atoms with Crippen molar-refractivity contribution in [3.8, 4) is 0 Å². The van der Waals surface area contributed by atoms with Crippen LogP contribution in [0.2, 0.25) is 0 Å². The number of benzene rings is 1. The predicted octanol–water partition coefficient (Wildman–Crippen LogP) is 2.52. The number of carboxylic acid groups (broad SMARTS) is 1. The van der Waals surface area contributed by atoms with Gasteiger partial charge >= 0.3 is 5.97 Å². The van der Waals surface area contributed by atoms with Crippen molar-refractivity contribution in [1.82, 2.24) is 0 Å². The summed E-state index contributed by atoms with van der Waals surface area (Å²) in [5, 5.41) is 12.6. The summed E-state index contributed by atoms with van der Waals surface area (Å²) in [7, 11) is 0. The van der Waals surface area contributed by atoms with Gasteiger partial charge in [0.15, 0.2) is 0 Å². The molecular weight excluding hydrogens is 236 g/mol. The zero-order valence-electron chi connectivity index (χ0n) is 10.1. The van der Waals surface area contributed by atoms with Gasteiger partial charge in [-0.05, 0) is 30.9 Å². The molecule has 1 unspecified atom stereocenters. The number of thioether (sulfide) groups is 1. The van der Waals surface area contributed by atoms with Gasteiger partial charge in [-0.3, -0.25) is 0 Å². The first-order chi connectivity index (χ1) is 8.04. The number of hydrogen-bond donors (Lipinski definition) is 3. The lowest BCUT2D eigenvalue weighted by Crippen LogP contribution is -2.09. The second kappa shape index (κ2) is 6.39. The number of rotatable bonds is 6. The quantitative estimate of drug-likeness (QED) is 0.680. The van der Waals surface area contributed by atoms with Gasteiger partial charge in [0.1, 0.15) is 0 Å². The van der Waals surface area contributed by atoms with Crippen LogP contribution in [0, 0.1) is 0 Å². The zero-order valence-corrected chi connectivity index (χ0v) is 10.9. The SMILES string of the molecule is CSC(C)CCNc1ccc(C(=O)O)cc1N. The molecule has 0 spiro atoms. The van der Waals surface area contributed by atoms with E-state index in [9.17, 15) is 4.79 Å². The van der Waals surface area contributed by atoms with Crippen LogP contribution in [-0.4, -0.2) is 29.1 Å². The molecule has 0 aliphatic heterocycles. The molecule has 94 valence electrons. The molecule has 4 N–H and O–H groups in total. The standard InChI is InChI=1S/C12H18N2O2S/c1-8(17-2)5-6-14-11-4-3-9(12(15)16)7-10(11)13/h3-4,7-8,14H,5-6,13H2,1-2H3,(H,15,16). The van der Waals surface area contributed by atoms with E-state index in [1.807, 2.05) is 11.8 Å². The maximum Gasteiger partial charge on any atom is 0.335 e. The molecule has 0 amide bonds. The molecule has 1 rings (SSSR count). The molecule has 0 saturated carbocycles. The van der Waals surface area contributed by atoms with E-state index in [0.717, 1.165) is 18.7 Å². The molecule has 0 radical (unpaired) electrons. The maximum atomic E-state index is 10.7. The monoisotopic (exact) mass is 254 g/mol. The van der Waals surface area contributed by atoms with E-state index in [4.69, 9.17) is 10.8 Å². The van der Waals surface area contributed by atoms with Crippen LogP contribution >= 0.6 is 11.8 Å². The topological polar surface area (TPSA) is 75.3 Å². The minimum atomic E-state index is -0.959. The first kappa shape index (κ1) is 13.7. The minimum absolute atomic E-state index is 0.213. The highest BCUT2D eigenvalue weighted by Gasteiger charge is 2.06. The van der Waals surface area contributed by atoms with Gasteiger partial charge in [0.05, 0.1) is 16.9 Å². The van der Waals surface area contributed by atoms with E-state index in [0.29, 0.717) is 10.9 Å². The molecular formula is C12H18N2O2S. The van der Waals surface area contributed by atoms with E-state index >= 15 is 0 Å². The van der Waals surface area contributed by atoms with Crippen molar-refractivity contribution in [2.24, 2.45) is 0 Å². The van der Waals surface area contributed by atoms with Gasteiger partial charge in [0, 0.05) is 11.8 Å². The molecule has 1 atom stereocenters. The molecule has 1 aromatic carbocycles. The summed E-state index contributed by atoms with van der Waals surface area (Å²) in [6, 6.07) is 4.74. The highest BCUT2D eigenvalue weighted by atomic mass is 32.2. The fourth-order valence-electron chi connectivity index (χ4n) is 1.38. The normalized spacial score (nSPS) is 12.1. The van der Waals surface area contributed by atoms with Crippen LogP contribution in [0.15, 0.2) is 18.2 Å². The van der Waals surface area contributed by atoms with Gasteiger partial charge in [-0.1, -0.05) is 6.92 Å². The van der Waals surface area contributed by atoms with Gasteiger partial charge in [-0.25, -0.2) is 4.79 Å². The molecule has 4 nitrogen and oxygen atoms in total. The highest BCUT2D eigenvalue weighted by molar-refractivity contribution is 7.99. The van der Waals surface area contributed by atoms with Crippen molar-refractivity contribution in [2.75, 3.05) is 23.9 Å². The third-order valence-corrected chi connectivity index (χ3v) is 3.61. The number of carboxylic acids is 1. The van der Waals surface area contributed by atoms with Crippen molar-refractivity contribution in [1.29, 1.82) is 0 Å². The van der Waals surface area contributed by atoms with Crippen LogP contribution in [0.1, 0.15) is 23.7 Å². The lowest BCUT2D eigenvalue weighted by Gasteiger charge is -2.12. The molecule has 17 heavy (non-hydrogen) atoms. The second-order valence-electron chi connectivity index (χ2n) is 3.87. The van der Waals surface area contributed by atoms with Gasteiger partial charge in [-0.15, -0.1) is 0 Å². The Labute approximate surface area is 106 Å². The summed E-state index contributed by atoms with van der Waals surface area (Å²) >= 11 is 1.82. The van der Waals surface area contributed by atoms with E-state index < -0.39 is 5.97 Å². The number of hydrogen-bond acceptors (Lipinski definition) is 4. The summed E-state index contributed by atoms with van der Waals surface area (Å²) in [6.07, 6.45) is 3.13. The first-order valence-corrected chi connectivity index (χ1v) is 6.73. The van der Waals surface area contributed by atoms with Crippen LogP contribution in [0.25, 0.3) is 0 Å². The minimum Gasteiger partial charge on any atom is -0.478 e. The molecule has 0 fully saturated rings. The second-order valence-corrected chi connectivity index (χ2v) is 5.15. The zero-order chi connectivity index (χ0) is 12.8. The van der Waals surface area contributed by atoms with Crippen LogP contribution in [0.3, 0.4) is 0 Å². The third kappa shape index (κ3) is 4.19. The van der Waals surface area contributed by atoms with Crippen LogP contribution in [-0.2, 0) is 0 Å². The van der Waals surface area contributed by atoms with Gasteiger partial charge < -0.3 is 16.2 Å². The van der Waals surface area contributed by atoms with E-state index in [-0.39, 0.29) is 5.56 Å². The van der Waals surface area contributed by atoms with Crippen molar-refractivity contribution in [2.45, 2.75) is 18.6 Å². The molecule has 5 heteroatoms. The summed E-state index contributed by atoms with van der Waals surface area (Å²) in [5.41, 5.74) is 7.26. The summed E-state index contributed by atoms with van der Waals surface area (Å²) in [4.78, 5) is 10.7. The molecule has 0 aliphatic carbocycles. The largest absolute Gasteiger partial charge is 0.478 e. The molecule has 0 bridgehead atoms. The molecule has 1 aromatic rings. The average Bonchev–Trinajstić information content (AvgIpc) is 2.30. The number of nitrogens with one attached hydrogen (secondary N) is 1. The Morgan fingerprint density at radius 3 is 2.82 bits per heavy atom. The molecule has 0 heterocycles. The summed E-state index contributed by atoms with van der Waals surface area (Å²) < 4.78 is 0. The average molecular weight is 254 g/mol. The fourth-order valence-corrected chi connectivity index (χ4v) is 1.74. The van der Waals surface area contributed by atoms with E-state index in [2.05, 4.69) is 18.5 Å². The van der Waals surface area contributed by atoms with Crippen LogP contribution < -0.4 is 11.1 Å². The number of nitrogen functional groups attached to an aromatic ring is 1. The van der Waals surface area contributed by atoms with E-state index in [1.165, 1.54) is 6.07 Å². The Balaban J connectivity index is 2.57. The summed E-state index contributed by atoms with van der Waals surface area (Å²) in [5.74, 6) is -0.959. The molecule has 0 aliphatic rings. The van der Waals surface area contributed by atoms with Gasteiger partial charge in [-0.2, -0.15) is 11.8 Å². The Kier molecular flexibility index (Phi) is 5.15. The number of anilines is 2. The number of carbonyl (C=O) groups is 1. The third-order valence-electron chi connectivity index (χ3n) is 2.57. The van der Waals surface area contributed by atoms with Crippen molar-refractivity contribution < 1.29 is 9.90 Å². The van der Waals surface area contributed by atoms with Crippen molar-refractivity contribution in [3.05, 3.63) is 23.8 Å². The van der Waals surface area contributed by atoms with Crippen LogP contribution in [0.4, 0.5) is 11.4 Å². The lowest BCUT2D eigenvalue weighted by atomic mass is 10.1. The Morgan fingerprint density at radius 1 is 1.59 bits per heavy atom. The number of aromatic carboxylic acids is 1. The first-order valence-electron chi connectivity index (χ1n) is 5.44. The van der Waals surface area contributed by atoms with Gasteiger partial charge in [0.25, 0.3) is 0 Å². The Hall–Kier alpha value is -1.36. The van der Waals surface area contributed by atoms with Gasteiger partial charge in [0.2, 0.25) is 0 Å². The van der Waals surface area contributed by atoms with E-state index in [1.54, 1.807) is 12.1 Å². The maximum absolute atomic E-state index is 10.7. The van der Waals surface area contributed by atoms with Crippen LogP contribution in [0.5, 0.6) is 0 Å². The fraction of sp³-hybridized carbons (Fsp3) is 0.417. The number of nitrogens with two attached hydrogens (primary N) is 1. The Morgan fingerprint density at radius 2 is 2.29 bits per heavy atom. The molecule has 0 saturated heterocycles.